The minimum absolute atomic E-state index is 0.0472. The van der Waals surface area contributed by atoms with Crippen LogP contribution in [-0.2, 0) is 16.6 Å². The zero-order valence-corrected chi connectivity index (χ0v) is 8.49. The second-order valence-electron chi connectivity index (χ2n) is 2.87. The van der Waals surface area contributed by atoms with Crippen molar-refractivity contribution < 1.29 is 12.8 Å². The van der Waals surface area contributed by atoms with Crippen LogP contribution in [0.15, 0.2) is 40.6 Å². The fourth-order valence-electron chi connectivity index (χ4n) is 1.04. The van der Waals surface area contributed by atoms with Gasteiger partial charge in [0.05, 0.1) is 25.1 Å². The van der Waals surface area contributed by atoms with E-state index in [1.165, 1.54) is 25.1 Å². The van der Waals surface area contributed by atoms with Gasteiger partial charge in [-0.1, -0.05) is 0 Å². The molecule has 0 saturated carbocycles. The smallest absolute Gasteiger partial charge is 0.257 e. The van der Waals surface area contributed by atoms with Crippen LogP contribution in [0.5, 0.6) is 0 Å². The van der Waals surface area contributed by atoms with Crippen LogP contribution in [-0.4, -0.2) is 18.4 Å². The number of hydrogen-bond donors (Lipinski definition) is 2. The van der Waals surface area contributed by atoms with Crippen LogP contribution < -0.4 is 4.72 Å². The van der Waals surface area contributed by atoms with Crippen molar-refractivity contribution >= 4 is 10.0 Å². The Bertz CT molecular complexity index is 501. The lowest BCUT2D eigenvalue weighted by Crippen LogP contribution is -2.23. The Morgan fingerprint density at radius 1 is 1.53 bits per heavy atom. The summed E-state index contributed by atoms with van der Waals surface area (Å²) in [7, 11) is -3.50. The first-order valence-electron chi connectivity index (χ1n) is 4.17. The molecule has 0 aliphatic carbocycles. The van der Waals surface area contributed by atoms with Crippen molar-refractivity contribution in [2.24, 2.45) is 0 Å². The molecule has 0 aliphatic rings. The van der Waals surface area contributed by atoms with Crippen molar-refractivity contribution in [2.45, 2.75) is 11.6 Å². The molecule has 0 spiro atoms. The maximum atomic E-state index is 11.6. The second-order valence-corrected chi connectivity index (χ2v) is 4.61. The number of rotatable bonds is 4. The van der Waals surface area contributed by atoms with E-state index < -0.39 is 10.0 Å². The van der Waals surface area contributed by atoms with Crippen molar-refractivity contribution in [2.75, 3.05) is 0 Å². The lowest BCUT2D eigenvalue weighted by atomic mass is 10.4. The Hall–Kier alpha value is -1.60. The summed E-state index contributed by atoms with van der Waals surface area (Å²) in [5, 5.41) is 0.0472. The van der Waals surface area contributed by atoms with Crippen molar-refractivity contribution in [3.05, 3.63) is 36.7 Å². The predicted molar refractivity (Wildman–Crippen MR) is 51.3 cm³/mol. The number of nitrogens with one attached hydrogen (secondary N) is 2. The number of aromatic nitrogens is 2. The van der Waals surface area contributed by atoms with Crippen molar-refractivity contribution in [1.82, 2.24) is 14.7 Å². The monoisotopic (exact) mass is 227 g/mol. The Morgan fingerprint density at radius 3 is 3.00 bits per heavy atom. The molecule has 0 fully saturated rings. The predicted octanol–water partition coefficient (Wildman–Crippen LogP) is 0.481. The van der Waals surface area contributed by atoms with E-state index in [1.807, 2.05) is 0 Å². The van der Waals surface area contributed by atoms with Gasteiger partial charge in [0.25, 0.3) is 10.0 Å². The zero-order valence-electron chi connectivity index (χ0n) is 7.67. The topological polar surface area (TPSA) is 88.0 Å². The number of H-pyrrole nitrogens is 1. The minimum Gasteiger partial charge on any atom is -0.472 e. The third kappa shape index (κ3) is 2.25. The molecule has 0 radical (unpaired) electrons. The zero-order chi connectivity index (χ0) is 10.7. The van der Waals surface area contributed by atoms with Gasteiger partial charge in [-0.3, -0.25) is 0 Å². The summed E-state index contributed by atoms with van der Waals surface area (Å²) in [6.45, 7) is 0.192. The first-order chi connectivity index (χ1) is 7.18. The summed E-state index contributed by atoms with van der Waals surface area (Å²) in [5.41, 5.74) is 0.762. The van der Waals surface area contributed by atoms with Gasteiger partial charge < -0.3 is 9.40 Å². The van der Waals surface area contributed by atoms with E-state index in [1.54, 1.807) is 6.07 Å². The van der Waals surface area contributed by atoms with Gasteiger partial charge >= 0.3 is 0 Å². The third-order valence-electron chi connectivity index (χ3n) is 1.81. The van der Waals surface area contributed by atoms with E-state index in [4.69, 9.17) is 4.42 Å². The highest BCUT2D eigenvalue weighted by atomic mass is 32.2. The molecule has 0 atom stereocenters. The van der Waals surface area contributed by atoms with E-state index in [0.717, 1.165) is 5.56 Å². The lowest BCUT2D eigenvalue weighted by molar-refractivity contribution is 0.560. The van der Waals surface area contributed by atoms with E-state index in [-0.39, 0.29) is 11.6 Å². The summed E-state index contributed by atoms with van der Waals surface area (Å²) < 4.78 is 30.4. The molecule has 0 bridgehead atoms. The van der Waals surface area contributed by atoms with Crippen molar-refractivity contribution in [3.63, 3.8) is 0 Å². The first kappa shape index (κ1) is 9.94. The van der Waals surface area contributed by atoms with Gasteiger partial charge in [-0.2, -0.15) is 0 Å². The SMILES string of the molecule is O=S(=O)(NCc1ccoc1)c1cnc[nH]1. The highest BCUT2D eigenvalue weighted by molar-refractivity contribution is 7.89. The highest BCUT2D eigenvalue weighted by Crippen LogP contribution is 2.05. The maximum Gasteiger partial charge on any atom is 0.257 e. The lowest BCUT2D eigenvalue weighted by Gasteiger charge is -2.01. The maximum absolute atomic E-state index is 11.6. The van der Waals surface area contributed by atoms with Gasteiger partial charge in [0.1, 0.15) is 0 Å². The number of imidazole rings is 1. The van der Waals surface area contributed by atoms with E-state index >= 15 is 0 Å². The molecule has 0 unspecified atom stereocenters. The van der Waals surface area contributed by atoms with E-state index in [9.17, 15) is 8.42 Å². The normalized spacial score (nSPS) is 11.7. The molecule has 2 aromatic heterocycles. The number of sulfonamides is 1. The number of nitrogens with zero attached hydrogens (tertiary/aromatic N) is 1. The number of aromatic amines is 1. The van der Waals surface area contributed by atoms with Crippen LogP contribution in [0.4, 0.5) is 0 Å². The van der Waals surface area contributed by atoms with Crippen molar-refractivity contribution in [1.29, 1.82) is 0 Å². The molecule has 0 amide bonds. The molecule has 0 aromatic carbocycles. The molecule has 80 valence electrons. The summed E-state index contributed by atoms with van der Waals surface area (Å²) in [6, 6.07) is 1.69. The summed E-state index contributed by atoms with van der Waals surface area (Å²) in [4.78, 5) is 6.16. The van der Waals surface area contributed by atoms with Crippen LogP contribution in [0.1, 0.15) is 5.56 Å². The van der Waals surface area contributed by atoms with Crippen molar-refractivity contribution in [3.8, 4) is 0 Å². The van der Waals surface area contributed by atoms with E-state index in [2.05, 4.69) is 14.7 Å². The van der Waals surface area contributed by atoms with Gasteiger partial charge in [-0.05, 0) is 6.07 Å². The molecule has 2 heterocycles. The average molecular weight is 227 g/mol. The minimum atomic E-state index is -3.50. The summed E-state index contributed by atoms with van der Waals surface area (Å²) in [5.74, 6) is 0. The standard InChI is InChI=1S/C8H9N3O3S/c12-15(13,8-4-9-6-10-8)11-3-7-1-2-14-5-7/h1-2,4-6,11H,3H2,(H,9,10). The Balaban J connectivity index is 2.06. The molecule has 0 saturated heterocycles. The fourth-order valence-corrected chi connectivity index (χ4v) is 1.96. The van der Waals surface area contributed by atoms with E-state index in [0.29, 0.717) is 0 Å². The largest absolute Gasteiger partial charge is 0.472 e. The van der Waals surface area contributed by atoms with Crippen LogP contribution >= 0.6 is 0 Å². The van der Waals surface area contributed by atoms with Gasteiger partial charge in [0.15, 0.2) is 5.03 Å². The molecule has 2 rings (SSSR count). The van der Waals surface area contributed by atoms with Gasteiger partial charge in [0, 0.05) is 12.1 Å². The molecule has 15 heavy (non-hydrogen) atoms. The van der Waals surface area contributed by atoms with Crippen LogP contribution in [0, 0.1) is 0 Å². The summed E-state index contributed by atoms with van der Waals surface area (Å²) in [6.07, 6.45) is 5.53. The van der Waals surface area contributed by atoms with Gasteiger partial charge in [-0.25, -0.2) is 18.1 Å². The van der Waals surface area contributed by atoms with Crippen LogP contribution in [0.3, 0.4) is 0 Å². The van der Waals surface area contributed by atoms with Crippen LogP contribution in [0.25, 0.3) is 0 Å². The number of furan rings is 1. The molecular formula is C8H9N3O3S. The third-order valence-corrected chi connectivity index (χ3v) is 3.14. The quantitative estimate of drug-likeness (QED) is 0.795. The van der Waals surface area contributed by atoms with Gasteiger partial charge in [0.2, 0.25) is 0 Å². The Labute approximate surface area is 86.4 Å². The molecule has 2 N–H and O–H groups in total. The summed E-state index contributed by atoms with van der Waals surface area (Å²) >= 11 is 0. The Kier molecular flexibility index (Phi) is 2.57. The molecule has 2 aromatic rings. The Morgan fingerprint density at radius 2 is 2.40 bits per heavy atom. The fraction of sp³-hybridized carbons (Fsp3) is 0.125. The molecule has 0 aliphatic heterocycles. The molecule has 7 heteroatoms. The van der Waals surface area contributed by atoms with Crippen LogP contribution in [0.2, 0.25) is 0 Å². The second kappa shape index (κ2) is 3.87. The van der Waals surface area contributed by atoms with Gasteiger partial charge in [-0.15, -0.1) is 0 Å². The molecular weight excluding hydrogens is 218 g/mol. The first-order valence-corrected chi connectivity index (χ1v) is 5.66. The molecule has 6 nitrogen and oxygen atoms in total. The highest BCUT2D eigenvalue weighted by Gasteiger charge is 2.14. The number of hydrogen-bond acceptors (Lipinski definition) is 4. The average Bonchev–Trinajstić information content (AvgIpc) is 2.88.